The van der Waals surface area contributed by atoms with Gasteiger partial charge in [-0.05, 0) is 74.8 Å². The number of hydrogen-bond donors (Lipinski definition) is 3. The summed E-state index contributed by atoms with van der Waals surface area (Å²) in [6, 6.07) is 8.88. The van der Waals surface area contributed by atoms with Crippen molar-refractivity contribution in [3.8, 4) is 0 Å². The normalized spacial score (nSPS) is 32.4. The third-order valence-corrected chi connectivity index (χ3v) is 8.46. The maximum Gasteiger partial charge on any atom is 0.329 e. The van der Waals surface area contributed by atoms with E-state index in [1.54, 1.807) is 6.92 Å². The van der Waals surface area contributed by atoms with Gasteiger partial charge in [-0.3, -0.25) is 9.59 Å². The summed E-state index contributed by atoms with van der Waals surface area (Å²) < 4.78 is 5.87. The highest BCUT2D eigenvalue weighted by atomic mass is 16.5. The number of allylic oxidation sites excluding steroid dienone is 3. The molecule has 226 valence electrons. The zero-order chi connectivity index (χ0) is 30.0. The maximum atomic E-state index is 13.3. The van der Waals surface area contributed by atoms with Gasteiger partial charge in [0.1, 0.15) is 12.1 Å². The fourth-order valence-corrected chi connectivity index (χ4v) is 5.74. The predicted octanol–water partition coefficient (Wildman–Crippen LogP) is 4.12. The summed E-state index contributed by atoms with van der Waals surface area (Å²) in [5.74, 6) is -6.74. The van der Waals surface area contributed by atoms with Crippen molar-refractivity contribution in [3.05, 3.63) is 60.2 Å². The van der Waals surface area contributed by atoms with E-state index < -0.39 is 47.6 Å². The second kappa shape index (κ2) is 15.4. The van der Waals surface area contributed by atoms with Crippen LogP contribution < -0.4 is 0 Å². The van der Waals surface area contributed by atoms with E-state index in [1.165, 1.54) is 0 Å². The Kier molecular flexibility index (Phi) is 12.3. The van der Waals surface area contributed by atoms with Gasteiger partial charge in [-0.15, -0.1) is 0 Å². The number of esters is 1. The van der Waals surface area contributed by atoms with Gasteiger partial charge < -0.3 is 25.0 Å². The fraction of sp³-hybridized carbons (Fsp3) is 0.606. The van der Waals surface area contributed by atoms with Crippen LogP contribution in [0, 0.1) is 17.8 Å². The SMILES string of the molecule is CC1CCCC(C)C(O)C(C)C/C=C/C/C=C/C(CCc2ccccc2)OC(=O)C2CCCN2C(=O)C(O)(O)C1=O. The molecule has 0 aromatic heterocycles. The number of rotatable bonds is 3. The summed E-state index contributed by atoms with van der Waals surface area (Å²) in [4.78, 5) is 40.6. The summed E-state index contributed by atoms with van der Waals surface area (Å²) >= 11 is 0. The fourth-order valence-electron chi connectivity index (χ4n) is 5.74. The molecule has 0 aliphatic carbocycles. The standard InChI is InChI=1S/C33H47NO7/c1-23-13-7-4-5-10-18-27(21-20-26-16-8-6-9-17-26)41-31(37)28-19-12-22-34(28)32(38)33(39,40)30(36)25(3)15-11-14-24(2)29(23)35/h4,6-10,16-18,23-25,27-29,35,39-40H,5,11-15,19-22H2,1-3H3/b7-4+,18-10+. The summed E-state index contributed by atoms with van der Waals surface area (Å²) in [6.45, 7) is 5.68. The Morgan fingerprint density at radius 2 is 1.66 bits per heavy atom. The highest BCUT2D eigenvalue weighted by Crippen LogP contribution is 2.27. The van der Waals surface area contributed by atoms with E-state index in [4.69, 9.17) is 4.74 Å². The lowest BCUT2D eigenvalue weighted by Gasteiger charge is -2.31. The summed E-state index contributed by atoms with van der Waals surface area (Å²) in [7, 11) is 0. The lowest BCUT2D eigenvalue weighted by atomic mass is 9.86. The quantitative estimate of drug-likeness (QED) is 0.217. The lowest BCUT2D eigenvalue weighted by Crippen LogP contribution is -2.58. The Balaban J connectivity index is 1.82. The Hall–Kier alpha value is -2.81. The number of fused-ring (bicyclic) bond motifs is 1. The molecule has 8 nitrogen and oxygen atoms in total. The number of carbonyl (C=O) groups excluding carboxylic acids is 3. The molecule has 1 aromatic carbocycles. The first-order valence-corrected chi connectivity index (χ1v) is 15.1. The molecule has 1 amide bonds. The molecule has 1 saturated heterocycles. The van der Waals surface area contributed by atoms with Crippen molar-refractivity contribution in [2.45, 2.75) is 103 Å². The van der Waals surface area contributed by atoms with Gasteiger partial charge >= 0.3 is 11.8 Å². The van der Waals surface area contributed by atoms with Crippen LogP contribution in [0.15, 0.2) is 54.6 Å². The first-order valence-electron chi connectivity index (χ1n) is 15.1. The smallest absolute Gasteiger partial charge is 0.329 e. The van der Waals surface area contributed by atoms with Gasteiger partial charge in [0.05, 0.1) is 6.10 Å². The largest absolute Gasteiger partial charge is 0.457 e. The summed E-state index contributed by atoms with van der Waals surface area (Å²) in [5.41, 5.74) is 1.11. The van der Waals surface area contributed by atoms with Crippen LogP contribution in [0.2, 0.25) is 0 Å². The number of carbonyl (C=O) groups is 3. The molecule has 41 heavy (non-hydrogen) atoms. The average molecular weight is 570 g/mol. The molecule has 3 N–H and O–H groups in total. The van der Waals surface area contributed by atoms with Gasteiger partial charge in [-0.2, -0.15) is 0 Å². The van der Waals surface area contributed by atoms with E-state index in [0.717, 1.165) is 16.9 Å². The van der Waals surface area contributed by atoms with Crippen LogP contribution in [-0.4, -0.2) is 68.5 Å². The van der Waals surface area contributed by atoms with Crippen LogP contribution >= 0.6 is 0 Å². The zero-order valence-corrected chi connectivity index (χ0v) is 24.7. The van der Waals surface area contributed by atoms with Crippen molar-refractivity contribution in [2.75, 3.05) is 6.54 Å². The number of amides is 1. The van der Waals surface area contributed by atoms with Crippen molar-refractivity contribution in [2.24, 2.45) is 17.8 Å². The van der Waals surface area contributed by atoms with Crippen molar-refractivity contribution >= 4 is 17.7 Å². The number of ether oxygens (including phenoxy) is 1. The first-order chi connectivity index (χ1) is 19.5. The number of aliphatic hydroxyl groups excluding tert-OH is 1. The van der Waals surface area contributed by atoms with E-state index in [-0.39, 0.29) is 18.4 Å². The Labute approximate surface area is 244 Å². The van der Waals surface area contributed by atoms with E-state index in [0.29, 0.717) is 51.4 Å². The molecule has 2 aliphatic rings. The van der Waals surface area contributed by atoms with Gasteiger partial charge in [-0.1, -0.05) is 75.8 Å². The van der Waals surface area contributed by atoms with E-state index >= 15 is 0 Å². The van der Waals surface area contributed by atoms with Gasteiger partial charge in [0, 0.05) is 12.5 Å². The number of benzene rings is 1. The number of cyclic esters (lactones) is 1. The molecule has 0 radical (unpaired) electrons. The highest BCUT2D eigenvalue weighted by molar-refractivity contribution is 6.08. The number of aliphatic hydroxyl groups is 3. The summed E-state index contributed by atoms with van der Waals surface area (Å²) in [5, 5.41) is 32.2. The molecule has 2 aliphatic heterocycles. The number of Topliss-reactive ketones (excluding diaryl/α,β-unsaturated/α-hetero) is 1. The van der Waals surface area contributed by atoms with Gasteiger partial charge in [0.15, 0.2) is 0 Å². The molecule has 6 atom stereocenters. The number of hydrogen-bond acceptors (Lipinski definition) is 7. The van der Waals surface area contributed by atoms with Crippen molar-refractivity contribution in [1.82, 2.24) is 4.90 Å². The van der Waals surface area contributed by atoms with Crippen molar-refractivity contribution in [3.63, 3.8) is 0 Å². The van der Waals surface area contributed by atoms with Crippen molar-refractivity contribution in [1.29, 1.82) is 0 Å². The lowest BCUT2D eigenvalue weighted by molar-refractivity contribution is -0.202. The molecule has 0 bridgehead atoms. The van der Waals surface area contributed by atoms with E-state index in [1.807, 2.05) is 62.4 Å². The molecule has 0 saturated carbocycles. The van der Waals surface area contributed by atoms with Crippen molar-refractivity contribution < 1.29 is 34.4 Å². The number of nitrogens with zero attached hydrogens (tertiary/aromatic N) is 1. The van der Waals surface area contributed by atoms with Gasteiger partial charge in [-0.25, -0.2) is 4.79 Å². The van der Waals surface area contributed by atoms with Crippen LogP contribution in [0.4, 0.5) is 0 Å². The summed E-state index contributed by atoms with van der Waals surface area (Å²) in [6.07, 6.45) is 11.8. The average Bonchev–Trinajstić information content (AvgIpc) is 3.46. The molecular weight excluding hydrogens is 522 g/mol. The maximum absolute atomic E-state index is 13.3. The van der Waals surface area contributed by atoms with Crippen LogP contribution in [0.25, 0.3) is 0 Å². The highest BCUT2D eigenvalue weighted by Gasteiger charge is 2.50. The van der Waals surface area contributed by atoms with Gasteiger partial charge in [0.2, 0.25) is 5.78 Å². The molecule has 6 unspecified atom stereocenters. The second-order valence-electron chi connectivity index (χ2n) is 11.8. The monoisotopic (exact) mass is 569 g/mol. The molecule has 1 fully saturated rings. The minimum absolute atomic E-state index is 0.00300. The molecule has 8 heteroatoms. The second-order valence-corrected chi connectivity index (χ2v) is 11.8. The van der Waals surface area contributed by atoms with Crippen LogP contribution in [0.3, 0.4) is 0 Å². The molecule has 2 heterocycles. The third kappa shape index (κ3) is 9.09. The van der Waals surface area contributed by atoms with Crippen LogP contribution in [0.1, 0.15) is 77.7 Å². The Morgan fingerprint density at radius 3 is 2.39 bits per heavy atom. The van der Waals surface area contributed by atoms with Gasteiger partial charge in [0.25, 0.3) is 5.91 Å². The van der Waals surface area contributed by atoms with E-state index in [9.17, 15) is 29.7 Å². The Morgan fingerprint density at radius 1 is 0.927 bits per heavy atom. The molecule has 0 spiro atoms. The number of ketones is 1. The predicted molar refractivity (Wildman–Crippen MR) is 156 cm³/mol. The molecular formula is C33H47NO7. The van der Waals surface area contributed by atoms with Crippen LogP contribution in [-0.2, 0) is 25.5 Å². The Bertz CT molecular complexity index is 1070. The zero-order valence-electron chi connectivity index (χ0n) is 24.7. The van der Waals surface area contributed by atoms with E-state index in [2.05, 4.69) is 6.08 Å². The topological polar surface area (TPSA) is 124 Å². The third-order valence-electron chi connectivity index (χ3n) is 8.46. The molecule has 3 rings (SSSR count). The minimum Gasteiger partial charge on any atom is -0.457 e. The molecule has 1 aromatic rings. The minimum atomic E-state index is -3.22. The van der Waals surface area contributed by atoms with Crippen LogP contribution in [0.5, 0.6) is 0 Å². The first kappa shape index (κ1) is 32.7. The number of aryl methyl sites for hydroxylation is 1.